The maximum absolute atomic E-state index is 12.0. The van der Waals surface area contributed by atoms with Crippen LogP contribution in [0.4, 0.5) is 0 Å². The topological polar surface area (TPSA) is 29.5 Å². The molecular weight excluding hydrogens is 226 g/mol. The Morgan fingerprint density at radius 1 is 1.44 bits per heavy atom. The third-order valence-corrected chi connectivity index (χ3v) is 3.05. The van der Waals surface area contributed by atoms with E-state index in [2.05, 4.69) is 5.92 Å². The van der Waals surface area contributed by atoms with Crippen LogP contribution < -0.4 is 4.74 Å². The molecule has 3 nitrogen and oxygen atoms in total. The Labute approximate surface area is 108 Å². The highest BCUT2D eigenvalue weighted by molar-refractivity contribution is 5.81. The molecule has 0 bridgehead atoms. The predicted molar refractivity (Wildman–Crippen MR) is 70.0 cm³/mol. The predicted octanol–water partition coefficient (Wildman–Crippen LogP) is 2.07. The van der Waals surface area contributed by atoms with Crippen molar-refractivity contribution in [3.63, 3.8) is 0 Å². The van der Waals surface area contributed by atoms with Crippen LogP contribution >= 0.6 is 0 Å². The second-order valence-electron chi connectivity index (χ2n) is 4.52. The highest BCUT2D eigenvalue weighted by Gasteiger charge is 2.33. The molecule has 0 atom stereocenters. The van der Waals surface area contributed by atoms with Gasteiger partial charge >= 0.3 is 0 Å². The number of terminal acetylenes is 1. The molecule has 0 unspecified atom stereocenters. The van der Waals surface area contributed by atoms with Crippen LogP contribution in [0.2, 0.25) is 0 Å². The van der Waals surface area contributed by atoms with Gasteiger partial charge in [0.15, 0.2) is 0 Å². The minimum Gasteiger partial charge on any atom is -0.497 e. The second-order valence-corrected chi connectivity index (χ2v) is 4.52. The van der Waals surface area contributed by atoms with Crippen molar-refractivity contribution in [1.82, 2.24) is 4.90 Å². The lowest BCUT2D eigenvalue weighted by Crippen LogP contribution is -2.32. The molecule has 3 heteroatoms. The van der Waals surface area contributed by atoms with E-state index in [4.69, 9.17) is 11.2 Å². The zero-order valence-electron chi connectivity index (χ0n) is 10.6. The lowest BCUT2D eigenvalue weighted by Gasteiger charge is -2.20. The molecule has 0 N–H and O–H groups in total. The Kier molecular flexibility index (Phi) is 3.88. The molecule has 1 aromatic rings. The first-order valence-electron chi connectivity index (χ1n) is 6.09. The molecule has 0 heterocycles. The first kappa shape index (κ1) is 12.5. The number of ether oxygens (including phenoxy) is 1. The molecule has 0 aromatic heterocycles. The molecule has 1 aromatic carbocycles. The van der Waals surface area contributed by atoms with Crippen LogP contribution in [-0.4, -0.2) is 24.5 Å². The fraction of sp³-hybridized carbons (Fsp3) is 0.400. The molecule has 1 saturated carbocycles. The van der Waals surface area contributed by atoms with Crippen molar-refractivity contribution in [3.05, 3.63) is 29.8 Å². The molecule has 0 spiro atoms. The van der Waals surface area contributed by atoms with Gasteiger partial charge in [-0.1, -0.05) is 18.1 Å². The lowest BCUT2D eigenvalue weighted by atomic mass is 10.2. The van der Waals surface area contributed by atoms with Crippen LogP contribution in [0.1, 0.15) is 18.4 Å². The molecule has 0 aliphatic heterocycles. The van der Waals surface area contributed by atoms with Gasteiger partial charge in [-0.25, -0.2) is 0 Å². The summed E-state index contributed by atoms with van der Waals surface area (Å²) in [6.07, 6.45) is 7.33. The number of hydrogen-bond donors (Lipinski definition) is 0. The maximum Gasteiger partial charge on any atom is 0.226 e. The summed E-state index contributed by atoms with van der Waals surface area (Å²) in [6.45, 7) is 0.949. The zero-order valence-corrected chi connectivity index (χ0v) is 10.6. The van der Waals surface area contributed by atoms with Crippen molar-refractivity contribution in [1.29, 1.82) is 0 Å². The number of benzene rings is 1. The van der Waals surface area contributed by atoms with Gasteiger partial charge < -0.3 is 9.64 Å². The van der Waals surface area contributed by atoms with Gasteiger partial charge in [-0.2, -0.15) is 0 Å². The molecule has 2 rings (SSSR count). The maximum atomic E-state index is 12.0. The lowest BCUT2D eigenvalue weighted by molar-refractivity contribution is -0.132. The molecule has 0 saturated heterocycles. The first-order chi connectivity index (χ1) is 8.74. The van der Waals surface area contributed by atoms with E-state index in [0.29, 0.717) is 13.1 Å². The Hall–Kier alpha value is -1.95. The fourth-order valence-corrected chi connectivity index (χ4v) is 1.86. The van der Waals surface area contributed by atoms with Crippen molar-refractivity contribution >= 4 is 5.91 Å². The van der Waals surface area contributed by atoms with Crippen molar-refractivity contribution in [2.75, 3.05) is 13.7 Å². The van der Waals surface area contributed by atoms with Gasteiger partial charge in [0.05, 0.1) is 13.7 Å². The Morgan fingerprint density at radius 3 is 2.61 bits per heavy atom. The number of methoxy groups -OCH3 is 1. The molecule has 1 fully saturated rings. The van der Waals surface area contributed by atoms with Gasteiger partial charge in [0, 0.05) is 12.5 Å². The molecule has 94 valence electrons. The molecule has 1 aliphatic carbocycles. The van der Waals surface area contributed by atoms with E-state index in [1.54, 1.807) is 12.0 Å². The minimum absolute atomic E-state index is 0.184. The van der Waals surface area contributed by atoms with Crippen LogP contribution in [0.5, 0.6) is 5.75 Å². The normalized spacial score (nSPS) is 13.8. The largest absolute Gasteiger partial charge is 0.497 e. The van der Waals surface area contributed by atoms with E-state index in [1.165, 1.54) is 0 Å². The van der Waals surface area contributed by atoms with E-state index in [1.807, 2.05) is 24.3 Å². The van der Waals surface area contributed by atoms with E-state index in [9.17, 15) is 4.79 Å². The molecule has 0 radical (unpaired) electrons. The van der Waals surface area contributed by atoms with Crippen LogP contribution in [0.15, 0.2) is 24.3 Å². The fourth-order valence-electron chi connectivity index (χ4n) is 1.86. The summed E-state index contributed by atoms with van der Waals surface area (Å²) in [7, 11) is 1.64. The summed E-state index contributed by atoms with van der Waals surface area (Å²) in [5, 5.41) is 0. The first-order valence-corrected chi connectivity index (χ1v) is 6.09. The van der Waals surface area contributed by atoms with Gasteiger partial charge in [0.1, 0.15) is 5.75 Å². The van der Waals surface area contributed by atoms with Gasteiger partial charge in [0.25, 0.3) is 0 Å². The highest BCUT2D eigenvalue weighted by Crippen LogP contribution is 2.31. The van der Waals surface area contributed by atoms with E-state index in [-0.39, 0.29) is 11.8 Å². The molecule has 1 amide bonds. The number of carbonyl (C=O) groups excluding carboxylic acids is 1. The standard InChI is InChI=1S/C15H17NO2/c1-3-10-16(15(17)13-6-7-13)11-12-4-8-14(18-2)9-5-12/h1,4-5,8-9,13H,6-7,10-11H2,2H3. The monoisotopic (exact) mass is 243 g/mol. The number of hydrogen-bond acceptors (Lipinski definition) is 2. The molecular formula is C15H17NO2. The number of nitrogens with zero attached hydrogens (tertiary/aromatic N) is 1. The number of carbonyl (C=O) groups is 1. The number of rotatable bonds is 5. The van der Waals surface area contributed by atoms with Crippen LogP contribution in [0.3, 0.4) is 0 Å². The van der Waals surface area contributed by atoms with Crippen molar-refractivity contribution in [2.45, 2.75) is 19.4 Å². The summed E-state index contributed by atoms with van der Waals surface area (Å²) >= 11 is 0. The van der Waals surface area contributed by atoms with Gasteiger partial charge in [0.2, 0.25) is 5.91 Å². The third-order valence-electron chi connectivity index (χ3n) is 3.05. The second kappa shape index (κ2) is 5.59. The van der Waals surface area contributed by atoms with Crippen LogP contribution in [-0.2, 0) is 11.3 Å². The van der Waals surface area contributed by atoms with E-state index in [0.717, 1.165) is 24.2 Å². The van der Waals surface area contributed by atoms with Crippen molar-refractivity contribution < 1.29 is 9.53 Å². The summed E-state index contributed by atoms with van der Waals surface area (Å²) in [6, 6.07) is 7.71. The zero-order chi connectivity index (χ0) is 13.0. The van der Waals surface area contributed by atoms with Crippen molar-refractivity contribution in [2.24, 2.45) is 5.92 Å². The van der Waals surface area contributed by atoms with Crippen molar-refractivity contribution in [3.8, 4) is 18.1 Å². The SMILES string of the molecule is C#CCN(Cc1ccc(OC)cc1)C(=O)C1CC1. The molecule has 1 aliphatic rings. The Balaban J connectivity index is 2.02. The highest BCUT2D eigenvalue weighted by atomic mass is 16.5. The van der Waals surface area contributed by atoms with Gasteiger partial charge in [-0.3, -0.25) is 4.79 Å². The molecule has 18 heavy (non-hydrogen) atoms. The minimum atomic E-state index is 0.184. The van der Waals surface area contributed by atoms with Gasteiger partial charge in [-0.05, 0) is 30.5 Å². The Bertz CT molecular complexity index is 454. The van der Waals surface area contributed by atoms with Crippen LogP contribution in [0, 0.1) is 18.3 Å². The smallest absolute Gasteiger partial charge is 0.226 e. The third kappa shape index (κ3) is 3.04. The summed E-state index contributed by atoms with van der Waals surface area (Å²) in [4.78, 5) is 13.8. The Morgan fingerprint density at radius 2 is 2.11 bits per heavy atom. The van der Waals surface area contributed by atoms with Gasteiger partial charge in [-0.15, -0.1) is 6.42 Å². The number of amides is 1. The summed E-state index contributed by atoms with van der Waals surface area (Å²) in [5.41, 5.74) is 1.07. The quantitative estimate of drug-likeness (QED) is 0.741. The average molecular weight is 243 g/mol. The van der Waals surface area contributed by atoms with Crippen LogP contribution in [0.25, 0.3) is 0 Å². The average Bonchev–Trinajstić information content (AvgIpc) is 3.22. The van der Waals surface area contributed by atoms with E-state index < -0.39 is 0 Å². The summed E-state index contributed by atoms with van der Waals surface area (Å²) in [5.74, 6) is 3.76. The summed E-state index contributed by atoms with van der Waals surface area (Å²) < 4.78 is 5.10. The van der Waals surface area contributed by atoms with E-state index >= 15 is 0 Å².